The summed E-state index contributed by atoms with van der Waals surface area (Å²) in [6.45, 7) is 0.918. The van der Waals surface area contributed by atoms with Gasteiger partial charge in [0.1, 0.15) is 6.54 Å². The van der Waals surface area contributed by atoms with Crippen molar-refractivity contribution < 1.29 is 13.2 Å². The van der Waals surface area contributed by atoms with E-state index in [1.54, 1.807) is 6.07 Å². The highest BCUT2D eigenvalue weighted by Crippen LogP contribution is 2.34. The van der Waals surface area contributed by atoms with Crippen LogP contribution in [0.15, 0.2) is 18.2 Å². The van der Waals surface area contributed by atoms with Crippen LogP contribution in [-0.4, -0.2) is 59.2 Å². The first-order valence-electron chi connectivity index (χ1n) is 6.96. The molecular formula is C14H21Cl2N3O3S. The van der Waals surface area contributed by atoms with Crippen molar-refractivity contribution in [2.75, 3.05) is 44.3 Å². The normalized spacial score (nSPS) is 11.6. The molecule has 9 heteroatoms. The number of hydrogen-bond acceptors (Lipinski definition) is 4. The van der Waals surface area contributed by atoms with E-state index in [-0.39, 0.29) is 22.3 Å². The molecule has 0 aliphatic carbocycles. The minimum Gasteiger partial charge on any atom is -0.354 e. The number of amides is 1. The summed E-state index contributed by atoms with van der Waals surface area (Å²) in [5.74, 6) is -0.412. The van der Waals surface area contributed by atoms with Gasteiger partial charge in [-0.25, -0.2) is 8.42 Å². The van der Waals surface area contributed by atoms with Gasteiger partial charge in [0.25, 0.3) is 0 Å². The number of nitrogens with zero attached hydrogens (tertiary/aromatic N) is 2. The molecule has 1 N–H and O–H groups in total. The van der Waals surface area contributed by atoms with E-state index >= 15 is 0 Å². The maximum atomic E-state index is 12.0. The lowest BCUT2D eigenvalue weighted by Crippen LogP contribution is -2.41. The molecule has 0 fully saturated rings. The average Bonchev–Trinajstić information content (AvgIpc) is 2.41. The highest BCUT2D eigenvalue weighted by atomic mass is 35.5. The van der Waals surface area contributed by atoms with Gasteiger partial charge >= 0.3 is 0 Å². The lowest BCUT2D eigenvalue weighted by molar-refractivity contribution is -0.119. The van der Waals surface area contributed by atoms with E-state index < -0.39 is 15.9 Å². The molecule has 0 radical (unpaired) electrons. The fourth-order valence-corrected chi connectivity index (χ4v) is 3.48. The third-order valence-electron chi connectivity index (χ3n) is 2.98. The van der Waals surface area contributed by atoms with E-state index in [0.29, 0.717) is 6.54 Å². The van der Waals surface area contributed by atoms with Gasteiger partial charge in [-0.15, -0.1) is 0 Å². The van der Waals surface area contributed by atoms with Crippen LogP contribution < -0.4 is 9.62 Å². The summed E-state index contributed by atoms with van der Waals surface area (Å²) < 4.78 is 24.9. The Balaban J connectivity index is 2.84. The molecule has 0 heterocycles. The first-order chi connectivity index (χ1) is 10.6. The van der Waals surface area contributed by atoms with Gasteiger partial charge in [-0.05, 0) is 39.2 Å². The van der Waals surface area contributed by atoms with Crippen LogP contribution in [0.1, 0.15) is 6.42 Å². The van der Waals surface area contributed by atoms with Crippen molar-refractivity contribution in [3.63, 3.8) is 0 Å². The Labute approximate surface area is 147 Å². The number of sulfonamides is 1. The molecule has 0 saturated heterocycles. The minimum absolute atomic E-state index is 0.113. The first kappa shape index (κ1) is 20.0. The number of nitrogens with one attached hydrogen (secondary N) is 1. The minimum atomic E-state index is -3.71. The van der Waals surface area contributed by atoms with Crippen molar-refractivity contribution in [1.82, 2.24) is 10.2 Å². The van der Waals surface area contributed by atoms with E-state index in [2.05, 4.69) is 5.32 Å². The summed E-state index contributed by atoms with van der Waals surface area (Å²) in [5.41, 5.74) is 0.113. The second-order valence-corrected chi connectivity index (χ2v) is 8.07. The molecule has 1 amide bonds. The molecule has 0 aromatic heterocycles. The molecule has 6 nitrogen and oxygen atoms in total. The van der Waals surface area contributed by atoms with Crippen molar-refractivity contribution in [2.24, 2.45) is 0 Å². The van der Waals surface area contributed by atoms with Gasteiger partial charge < -0.3 is 10.2 Å². The Morgan fingerprint density at radius 3 is 2.26 bits per heavy atom. The first-order valence-corrected chi connectivity index (χ1v) is 9.56. The summed E-state index contributed by atoms with van der Waals surface area (Å²) >= 11 is 12.1. The molecule has 0 aliphatic rings. The Morgan fingerprint density at radius 1 is 1.22 bits per heavy atom. The Kier molecular flexibility index (Phi) is 7.60. The van der Waals surface area contributed by atoms with E-state index in [1.165, 1.54) is 12.1 Å². The largest absolute Gasteiger partial charge is 0.354 e. The van der Waals surface area contributed by atoms with E-state index in [9.17, 15) is 13.2 Å². The quantitative estimate of drug-likeness (QED) is 0.697. The molecule has 130 valence electrons. The zero-order valence-electron chi connectivity index (χ0n) is 13.3. The second-order valence-electron chi connectivity index (χ2n) is 5.35. The molecular weight excluding hydrogens is 361 g/mol. The third-order valence-corrected chi connectivity index (χ3v) is 4.70. The molecule has 0 aliphatic heterocycles. The third kappa shape index (κ3) is 6.55. The summed E-state index contributed by atoms with van der Waals surface area (Å²) in [4.78, 5) is 14.0. The van der Waals surface area contributed by atoms with Crippen molar-refractivity contribution in [1.29, 1.82) is 0 Å². The molecule has 0 unspecified atom stereocenters. The van der Waals surface area contributed by atoms with Gasteiger partial charge in [-0.2, -0.15) is 0 Å². The van der Waals surface area contributed by atoms with Crippen LogP contribution in [-0.2, 0) is 14.8 Å². The maximum absolute atomic E-state index is 12.0. The molecule has 1 aromatic rings. The molecule has 1 rings (SSSR count). The number of carbonyl (C=O) groups is 1. The van der Waals surface area contributed by atoms with Crippen molar-refractivity contribution in [2.45, 2.75) is 6.42 Å². The fourth-order valence-electron chi connectivity index (χ4n) is 1.90. The molecule has 1 aromatic carbocycles. The molecule has 0 saturated carbocycles. The fraction of sp³-hybridized carbons (Fsp3) is 0.500. The van der Waals surface area contributed by atoms with Gasteiger partial charge in [-0.3, -0.25) is 9.10 Å². The van der Waals surface area contributed by atoms with Gasteiger partial charge in [0.2, 0.25) is 15.9 Å². The van der Waals surface area contributed by atoms with Gasteiger partial charge in [0, 0.05) is 6.54 Å². The summed E-state index contributed by atoms with van der Waals surface area (Å²) in [6.07, 6.45) is 1.77. The van der Waals surface area contributed by atoms with Gasteiger partial charge in [0.15, 0.2) is 0 Å². The highest BCUT2D eigenvalue weighted by Gasteiger charge is 2.25. The average molecular weight is 382 g/mol. The standard InChI is InChI=1S/C14H21Cl2N3O3S/c1-18(2)9-5-8-17-13(20)10-19(23(3,21)22)14-11(15)6-4-7-12(14)16/h4,6-7H,5,8-10H2,1-3H3,(H,17,20). The number of benzene rings is 1. The van der Waals surface area contributed by atoms with Crippen LogP contribution in [0.2, 0.25) is 10.0 Å². The van der Waals surface area contributed by atoms with Crippen LogP contribution in [0.5, 0.6) is 0 Å². The van der Waals surface area contributed by atoms with Crippen LogP contribution in [0.4, 0.5) is 5.69 Å². The van der Waals surface area contributed by atoms with Crippen LogP contribution >= 0.6 is 23.2 Å². The van der Waals surface area contributed by atoms with Gasteiger partial charge in [-0.1, -0.05) is 29.3 Å². The number of hydrogen-bond donors (Lipinski definition) is 1. The Bertz CT molecular complexity index is 630. The Hall–Kier alpha value is -1.02. The van der Waals surface area contributed by atoms with Crippen LogP contribution in [0.25, 0.3) is 0 Å². The SMILES string of the molecule is CN(C)CCCNC(=O)CN(c1c(Cl)cccc1Cl)S(C)(=O)=O. The summed E-state index contributed by atoms with van der Waals surface area (Å²) in [5, 5.41) is 3.03. The maximum Gasteiger partial charge on any atom is 0.240 e. The van der Waals surface area contributed by atoms with E-state index in [4.69, 9.17) is 23.2 Å². The van der Waals surface area contributed by atoms with Gasteiger partial charge in [0.05, 0.1) is 22.0 Å². The van der Waals surface area contributed by atoms with Crippen LogP contribution in [0, 0.1) is 0 Å². The van der Waals surface area contributed by atoms with E-state index in [0.717, 1.165) is 23.5 Å². The number of rotatable bonds is 8. The summed E-state index contributed by atoms with van der Waals surface area (Å²) in [7, 11) is 0.168. The Morgan fingerprint density at radius 2 is 1.78 bits per heavy atom. The van der Waals surface area contributed by atoms with Crippen molar-refractivity contribution in [3.05, 3.63) is 28.2 Å². The smallest absolute Gasteiger partial charge is 0.240 e. The van der Waals surface area contributed by atoms with Crippen molar-refractivity contribution in [3.8, 4) is 0 Å². The number of carbonyl (C=O) groups excluding carboxylic acids is 1. The van der Waals surface area contributed by atoms with Crippen molar-refractivity contribution >= 4 is 44.8 Å². The highest BCUT2D eigenvalue weighted by molar-refractivity contribution is 7.92. The molecule has 0 bridgehead atoms. The molecule has 0 atom stereocenters. The lowest BCUT2D eigenvalue weighted by Gasteiger charge is -2.24. The zero-order valence-corrected chi connectivity index (χ0v) is 15.7. The summed E-state index contributed by atoms with van der Waals surface area (Å²) in [6, 6.07) is 4.65. The van der Waals surface area contributed by atoms with E-state index in [1.807, 2.05) is 19.0 Å². The number of halogens is 2. The predicted octanol–water partition coefficient (Wildman–Crippen LogP) is 1.83. The second kappa shape index (κ2) is 8.73. The monoisotopic (exact) mass is 381 g/mol. The number of para-hydroxylation sites is 1. The van der Waals surface area contributed by atoms with Crippen LogP contribution in [0.3, 0.4) is 0 Å². The predicted molar refractivity (Wildman–Crippen MR) is 94.8 cm³/mol. The molecule has 23 heavy (non-hydrogen) atoms. The topological polar surface area (TPSA) is 69.7 Å². The zero-order chi connectivity index (χ0) is 17.6. The molecule has 0 spiro atoms. The number of anilines is 1. The lowest BCUT2D eigenvalue weighted by atomic mass is 10.3.